The number of ether oxygens (including phenoxy) is 2. The molecule has 3 aromatic rings. The van der Waals surface area contributed by atoms with Gasteiger partial charge in [-0.05, 0) is 35.9 Å². The Bertz CT molecular complexity index is 956. The highest BCUT2D eigenvalue weighted by atomic mass is 16.5. The third kappa shape index (κ3) is 5.59. The quantitative estimate of drug-likeness (QED) is 0.478. The van der Waals surface area contributed by atoms with Crippen LogP contribution in [0, 0.1) is 0 Å². The maximum Gasteiger partial charge on any atom is 0.313 e. The van der Waals surface area contributed by atoms with Crippen molar-refractivity contribution in [1.82, 2.24) is 5.32 Å². The lowest BCUT2D eigenvalue weighted by Crippen LogP contribution is -2.37. The molecule has 29 heavy (non-hydrogen) atoms. The van der Waals surface area contributed by atoms with Crippen molar-refractivity contribution in [2.75, 3.05) is 25.6 Å². The van der Waals surface area contributed by atoms with Crippen LogP contribution in [0.15, 0.2) is 78.9 Å². The summed E-state index contributed by atoms with van der Waals surface area (Å²) in [6, 6.07) is 24.3. The summed E-state index contributed by atoms with van der Waals surface area (Å²) in [5.41, 5.74) is 2.53. The molecule has 0 aliphatic heterocycles. The predicted octanol–water partition coefficient (Wildman–Crippen LogP) is 3.50. The summed E-state index contributed by atoms with van der Waals surface area (Å²) in [6.07, 6.45) is 0. The SMILES string of the molecule is COc1ccc(NC(=O)C(=O)NCCOc2ccccc2-c2ccccc2)cc1. The number of carbonyl (C=O) groups excluding carboxylic acids is 2. The largest absolute Gasteiger partial charge is 0.497 e. The van der Waals surface area contributed by atoms with Crippen molar-refractivity contribution < 1.29 is 19.1 Å². The summed E-state index contributed by atoms with van der Waals surface area (Å²) >= 11 is 0. The summed E-state index contributed by atoms with van der Waals surface area (Å²) in [6.45, 7) is 0.448. The lowest BCUT2D eigenvalue weighted by molar-refractivity contribution is -0.136. The number of nitrogens with one attached hydrogen (secondary N) is 2. The van der Waals surface area contributed by atoms with Crippen molar-refractivity contribution in [2.24, 2.45) is 0 Å². The van der Waals surface area contributed by atoms with Gasteiger partial charge in [-0.15, -0.1) is 0 Å². The van der Waals surface area contributed by atoms with E-state index < -0.39 is 11.8 Å². The van der Waals surface area contributed by atoms with E-state index in [0.717, 1.165) is 16.9 Å². The van der Waals surface area contributed by atoms with E-state index in [-0.39, 0.29) is 13.2 Å². The van der Waals surface area contributed by atoms with Gasteiger partial charge in [0.2, 0.25) is 0 Å². The van der Waals surface area contributed by atoms with Crippen molar-refractivity contribution in [3.63, 3.8) is 0 Å². The zero-order valence-electron chi connectivity index (χ0n) is 16.1. The highest BCUT2D eigenvalue weighted by Crippen LogP contribution is 2.29. The van der Waals surface area contributed by atoms with Crippen LogP contribution in [-0.4, -0.2) is 32.1 Å². The number of carbonyl (C=O) groups is 2. The smallest absolute Gasteiger partial charge is 0.313 e. The minimum Gasteiger partial charge on any atom is -0.497 e. The maximum atomic E-state index is 12.0. The molecule has 0 spiro atoms. The van der Waals surface area contributed by atoms with Crippen LogP contribution in [0.25, 0.3) is 11.1 Å². The second kappa shape index (κ2) is 9.94. The Hall–Kier alpha value is -3.80. The van der Waals surface area contributed by atoms with Gasteiger partial charge in [-0.25, -0.2) is 0 Å². The number of amides is 2. The zero-order chi connectivity index (χ0) is 20.5. The van der Waals surface area contributed by atoms with Crippen molar-refractivity contribution in [1.29, 1.82) is 0 Å². The number of hydrogen-bond donors (Lipinski definition) is 2. The van der Waals surface area contributed by atoms with Crippen LogP contribution < -0.4 is 20.1 Å². The molecule has 0 aromatic heterocycles. The van der Waals surface area contributed by atoms with Crippen LogP contribution >= 0.6 is 0 Å². The van der Waals surface area contributed by atoms with Gasteiger partial charge >= 0.3 is 11.8 Å². The van der Waals surface area contributed by atoms with Gasteiger partial charge < -0.3 is 20.1 Å². The van der Waals surface area contributed by atoms with E-state index in [9.17, 15) is 9.59 Å². The lowest BCUT2D eigenvalue weighted by Gasteiger charge is -2.12. The van der Waals surface area contributed by atoms with E-state index in [1.165, 1.54) is 0 Å². The first-order valence-corrected chi connectivity index (χ1v) is 9.18. The zero-order valence-corrected chi connectivity index (χ0v) is 16.1. The van der Waals surface area contributed by atoms with Crippen molar-refractivity contribution >= 4 is 17.5 Å². The molecule has 2 N–H and O–H groups in total. The molecule has 3 rings (SSSR count). The first kappa shape index (κ1) is 19.9. The molecule has 0 aliphatic carbocycles. The molecule has 0 fully saturated rings. The van der Waals surface area contributed by atoms with E-state index in [2.05, 4.69) is 10.6 Å². The van der Waals surface area contributed by atoms with Crippen LogP contribution in [0.5, 0.6) is 11.5 Å². The highest BCUT2D eigenvalue weighted by Gasteiger charge is 2.13. The van der Waals surface area contributed by atoms with Crippen molar-refractivity contribution in [3.8, 4) is 22.6 Å². The van der Waals surface area contributed by atoms with Gasteiger partial charge in [-0.2, -0.15) is 0 Å². The average molecular weight is 390 g/mol. The van der Waals surface area contributed by atoms with Gasteiger partial charge in [0.15, 0.2) is 0 Å². The van der Waals surface area contributed by atoms with Crippen LogP contribution in [0.4, 0.5) is 5.69 Å². The van der Waals surface area contributed by atoms with E-state index in [1.54, 1.807) is 31.4 Å². The second-order valence-corrected chi connectivity index (χ2v) is 6.15. The highest BCUT2D eigenvalue weighted by molar-refractivity contribution is 6.39. The molecule has 0 saturated heterocycles. The van der Waals surface area contributed by atoms with Crippen molar-refractivity contribution in [2.45, 2.75) is 0 Å². The maximum absolute atomic E-state index is 12.0. The standard InChI is InChI=1S/C23H22N2O4/c1-28-19-13-11-18(12-14-19)25-23(27)22(26)24-15-16-29-21-10-6-5-9-20(21)17-7-3-2-4-8-17/h2-14H,15-16H2,1H3,(H,24,26)(H,25,27). The summed E-state index contributed by atoms with van der Waals surface area (Å²) in [5.74, 6) is -0.0726. The molecular formula is C23H22N2O4. The number of hydrogen-bond acceptors (Lipinski definition) is 4. The normalized spacial score (nSPS) is 10.1. The molecule has 0 heterocycles. The Morgan fingerprint density at radius 1 is 0.828 bits per heavy atom. The summed E-state index contributed by atoms with van der Waals surface area (Å²) < 4.78 is 10.9. The fourth-order valence-corrected chi connectivity index (χ4v) is 2.72. The van der Waals surface area contributed by atoms with Gasteiger partial charge in [0.05, 0.1) is 13.7 Å². The summed E-state index contributed by atoms with van der Waals surface area (Å²) in [5, 5.41) is 5.09. The molecule has 148 valence electrons. The first-order valence-electron chi connectivity index (χ1n) is 9.18. The van der Waals surface area contributed by atoms with Gasteiger partial charge in [0.1, 0.15) is 18.1 Å². The fourth-order valence-electron chi connectivity index (χ4n) is 2.72. The topological polar surface area (TPSA) is 76.7 Å². The Kier molecular flexibility index (Phi) is 6.84. The molecule has 0 radical (unpaired) electrons. The molecule has 2 amide bonds. The van der Waals surface area contributed by atoms with Crippen LogP contribution in [0.1, 0.15) is 0 Å². The first-order chi connectivity index (χ1) is 14.2. The Labute approximate surface area is 169 Å². The minimum absolute atomic E-state index is 0.206. The lowest BCUT2D eigenvalue weighted by atomic mass is 10.1. The van der Waals surface area contributed by atoms with Crippen LogP contribution in [-0.2, 0) is 9.59 Å². The average Bonchev–Trinajstić information content (AvgIpc) is 2.78. The second-order valence-electron chi connectivity index (χ2n) is 6.15. The molecule has 6 heteroatoms. The van der Waals surface area contributed by atoms with E-state index in [1.807, 2.05) is 54.6 Å². The Morgan fingerprint density at radius 2 is 1.52 bits per heavy atom. The van der Waals surface area contributed by atoms with Gasteiger partial charge in [-0.1, -0.05) is 48.5 Å². The van der Waals surface area contributed by atoms with Crippen LogP contribution in [0.3, 0.4) is 0 Å². The van der Waals surface area contributed by atoms with Gasteiger partial charge in [0.25, 0.3) is 0 Å². The molecular weight excluding hydrogens is 368 g/mol. The predicted molar refractivity (Wildman–Crippen MR) is 112 cm³/mol. The Balaban J connectivity index is 1.48. The number of anilines is 1. The van der Waals surface area contributed by atoms with E-state index in [4.69, 9.17) is 9.47 Å². The monoisotopic (exact) mass is 390 g/mol. The molecule has 0 aliphatic rings. The Morgan fingerprint density at radius 3 is 2.24 bits per heavy atom. The third-order valence-electron chi connectivity index (χ3n) is 4.17. The molecule has 0 atom stereocenters. The third-order valence-corrected chi connectivity index (χ3v) is 4.17. The molecule has 0 unspecified atom stereocenters. The van der Waals surface area contributed by atoms with Gasteiger partial charge in [-0.3, -0.25) is 9.59 Å². The molecule has 3 aromatic carbocycles. The fraction of sp³-hybridized carbons (Fsp3) is 0.130. The molecule has 0 bridgehead atoms. The minimum atomic E-state index is -0.736. The number of methoxy groups -OCH3 is 1. The number of rotatable bonds is 7. The number of benzene rings is 3. The molecule has 0 saturated carbocycles. The van der Waals surface area contributed by atoms with Crippen LogP contribution in [0.2, 0.25) is 0 Å². The van der Waals surface area contributed by atoms with Crippen molar-refractivity contribution in [3.05, 3.63) is 78.9 Å². The van der Waals surface area contributed by atoms with Gasteiger partial charge in [0, 0.05) is 11.3 Å². The number of para-hydroxylation sites is 1. The summed E-state index contributed by atoms with van der Waals surface area (Å²) in [4.78, 5) is 23.9. The molecule has 6 nitrogen and oxygen atoms in total. The summed E-state index contributed by atoms with van der Waals surface area (Å²) in [7, 11) is 1.56. The van der Waals surface area contributed by atoms with E-state index >= 15 is 0 Å². The van der Waals surface area contributed by atoms with E-state index in [0.29, 0.717) is 11.4 Å².